The zero-order valence-corrected chi connectivity index (χ0v) is 11.9. The first kappa shape index (κ1) is 12.6. The average molecular weight is 269 g/mol. The van der Waals surface area contributed by atoms with Crippen molar-refractivity contribution in [1.29, 1.82) is 0 Å². The van der Waals surface area contributed by atoms with Crippen LogP contribution in [0.5, 0.6) is 0 Å². The monoisotopic (exact) mass is 269 g/mol. The molecule has 0 aromatic rings. The van der Waals surface area contributed by atoms with Crippen LogP contribution in [0.4, 0.5) is 0 Å². The Kier molecular flexibility index (Phi) is 3.45. The van der Waals surface area contributed by atoms with Crippen molar-refractivity contribution in [2.24, 2.45) is 16.1 Å². The third kappa shape index (κ3) is 1.92. The Labute approximate surface area is 113 Å². The summed E-state index contributed by atoms with van der Waals surface area (Å²) >= 11 is 2.00. The number of thioether (sulfide) groups is 1. The van der Waals surface area contributed by atoms with E-state index >= 15 is 0 Å². The van der Waals surface area contributed by atoms with Gasteiger partial charge in [0.15, 0.2) is 5.96 Å². The summed E-state index contributed by atoms with van der Waals surface area (Å²) in [6.45, 7) is 2.10. The lowest BCUT2D eigenvalue weighted by Gasteiger charge is -2.59. The van der Waals surface area contributed by atoms with Gasteiger partial charge in [-0.2, -0.15) is 11.8 Å². The lowest BCUT2D eigenvalue weighted by Crippen LogP contribution is -2.61. The van der Waals surface area contributed by atoms with Crippen LogP contribution >= 0.6 is 11.8 Å². The van der Waals surface area contributed by atoms with Crippen molar-refractivity contribution in [2.45, 2.75) is 37.8 Å². The molecule has 1 saturated heterocycles. The Balaban J connectivity index is 1.65. The van der Waals surface area contributed by atoms with Gasteiger partial charge in [-0.1, -0.05) is 6.42 Å². The fourth-order valence-electron chi connectivity index (χ4n) is 3.51. The molecule has 2 atom stereocenters. The van der Waals surface area contributed by atoms with Crippen molar-refractivity contribution in [2.75, 3.05) is 31.7 Å². The van der Waals surface area contributed by atoms with E-state index in [0.717, 1.165) is 25.5 Å². The first-order chi connectivity index (χ1) is 8.76. The molecule has 4 nitrogen and oxygen atoms in total. The van der Waals surface area contributed by atoms with E-state index in [1.54, 1.807) is 0 Å². The van der Waals surface area contributed by atoms with Crippen molar-refractivity contribution in [3.05, 3.63) is 0 Å². The maximum atomic E-state index is 6.17. The van der Waals surface area contributed by atoms with E-state index in [4.69, 9.17) is 15.5 Å². The molecule has 3 aliphatic rings. The molecule has 1 aliphatic heterocycles. The van der Waals surface area contributed by atoms with E-state index < -0.39 is 0 Å². The number of aliphatic imine (C=N–C) groups is 1. The molecule has 1 spiro atoms. The van der Waals surface area contributed by atoms with Gasteiger partial charge in [-0.15, -0.1) is 0 Å². The second-order valence-electron chi connectivity index (χ2n) is 5.65. The largest absolute Gasteiger partial charge is 0.381 e. The Morgan fingerprint density at radius 2 is 2.11 bits per heavy atom. The highest BCUT2D eigenvalue weighted by Crippen LogP contribution is 2.58. The molecular weight excluding hydrogens is 246 g/mol. The molecule has 3 rings (SSSR count). The molecule has 18 heavy (non-hydrogen) atoms. The highest BCUT2D eigenvalue weighted by atomic mass is 32.2. The zero-order valence-electron chi connectivity index (χ0n) is 11.1. The fourth-order valence-corrected chi connectivity index (χ4v) is 4.42. The molecule has 2 N–H and O–H groups in total. The van der Waals surface area contributed by atoms with Crippen LogP contribution in [0.2, 0.25) is 0 Å². The summed E-state index contributed by atoms with van der Waals surface area (Å²) in [5.41, 5.74) is 6.51. The molecule has 0 radical (unpaired) electrons. The summed E-state index contributed by atoms with van der Waals surface area (Å²) < 4.78 is 5.57. The molecule has 2 saturated carbocycles. The van der Waals surface area contributed by atoms with Crippen LogP contribution in [-0.2, 0) is 4.74 Å². The van der Waals surface area contributed by atoms with Crippen LogP contribution in [-0.4, -0.2) is 54.7 Å². The van der Waals surface area contributed by atoms with Gasteiger partial charge in [-0.05, 0) is 19.3 Å². The number of nitrogens with two attached hydrogens (primary N) is 1. The molecule has 2 unspecified atom stereocenters. The number of guanidine groups is 1. The smallest absolute Gasteiger partial charge is 0.191 e. The van der Waals surface area contributed by atoms with Crippen molar-refractivity contribution < 1.29 is 4.74 Å². The summed E-state index contributed by atoms with van der Waals surface area (Å²) in [4.78, 5) is 7.05. The molecule has 0 bridgehead atoms. The lowest BCUT2D eigenvalue weighted by atomic mass is 9.51. The van der Waals surface area contributed by atoms with Gasteiger partial charge < -0.3 is 15.4 Å². The number of rotatable bonds is 2. The second-order valence-corrected chi connectivity index (χ2v) is 6.87. The summed E-state index contributed by atoms with van der Waals surface area (Å²) in [6, 6.07) is 0.408. The van der Waals surface area contributed by atoms with E-state index in [1.165, 1.54) is 30.8 Å². The highest BCUT2D eigenvalue weighted by Gasteiger charge is 2.59. The molecule has 0 aromatic carbocycles. The topological polar surface area (TPSA) is 50.9 Å². The van der Waals surface area contributed by atoms with Gasteiger partial charge in [-0.3, -0.25) is 0 Å². The maximum Gasteiger partial charge on any atom is 0.191 e. The van der Waals surface area contributed by atoms with Gasteiger partial charge >= 0.3 is 0 Å². The first-order valence-electron chi connectivity index (χ1n) is 6.95. The maximum absolute atomic E-state index is 6.17. The Morgan fingerprint density at radius 1 is 1.39 bits per heavy atom. The molecule has 102 valence electrons. The Bertz CT molecular complexity index is 337. The molecule has 3 fully saturated rings. The van der Waals surface area contributed by atoms with E-state index in [0.29, 0.717) is 17.6 Å². The zero-order chi connectivity index (χ0) is 12.6. The predicted octanol–water partition coefficient (Wildman–Crippen LogP) is 1.31. The van der Waals surface area contributed by atoms with E-state index in [-0.39, 0.29) is 0 Å². The number of methoxy groups -OCH3 is 1. The Morgan fingerprint density at radius 3 is 2.67 bits per heavy atom. The summed E-state index contributed by atoms with van der Waals surface area (Å²) in [6.07, 6.45) is 5.34. The third-order valence-corrected chi connectivity index (χ3v) is 5.88. The van der Waals surface area contributed by atoms with Gasteiger partial charge in [0, 0.05) is 37.1 Å². The van der Waals surface area contributed by atoms with Crippen LogP contribution < -0.4 is 5.73 Å². The van der Waals surface area contributed by atoms with E-state index in [1.807, 2.05) is 18.9 Å². The van der Waals surface area contributed by atoms with Gasteiger partial charge in [-0.25, -0.2) is 4.99 Å². The minimum absolute atomic E-state index is 0.337. The van der Waals surface area contributed by atoms with Gasteiger partial charge in [0.05, 0.1) is 12.1 Å². The van der Waals surface area contributed by atoms with Crippen molar-refractivity contribution in [3.63, 3.8) is 0 Å². The van der Waals surface area contributed by atoms with Crippen LogP contribution in [0.25, 0.3) is 0 Å². The van der Waals surface area contributed by atoms with Gasteiger partial charge in [0.2, 0.25) is 0 Å². The predicted molar refractivity (Wildman–Crippen MR) is 76.0 cm³/mol. The highest BCUT2D eigenvalue weighted by molar-refractivity contribution is 7.99. The minimum Gasteiger partial charge on any atom is -0.381 e. The van der Waals surface area contributed by atoms with Crippen LogP contribution in [0.3, 0.4) is 0 Å². The standard InChI is InChI=1S/C13H23N3OS/c1-17-11-9-10(13(11)3-2-4-13)15-12(14)16-5-7-18-8-6-16/h10-11H,2-9H2,1H3,(H2,14,15). The molecule has 5 heteroatoms. The number of nitrogens with zero attached hydrogens (tertiary/aromatic N) is 2. The van der Waals surface area contributed by atoms with Crippen LogP contribution in [0, 0.1) is 5.41 Å². The number of hydrogen-bond donors (Lipinski definition) is 1. The minimum atomic E-state index is 0.337. The first-order valence-corrected chi connectivity index (χ1v) is 8.10. The molecule has 0 amide bonds. The quantitative estimate of drug-likeness (QED) is 0.606. The fraction of sp³-hybridized carbons (Fsp3) is 0.923. The average Bonchev–Trinajstić information content (AvgIpc) is 2.32. The Hall–Kier alpha value is -0.420. The summed E-state index contributed by atoms with van der Waals surface area (Å²) in [5.74, 6) is 3.11. The van der Waals surface area contributed by atoms with Crippen molar-refractivity contribution in [1.82, 2.24) is 4.90 Å². The SMILES string of the molecule is COC1CC(N=C(N)N2CCSCC2)C12CCC2. The van der Waals surface area contributed by atoms with Gasteiger partial charge in [0.25, 0.3) is 0 Å². The molecule has 1 heterocycles. The molecular formula is C13H23N3OS. The van der Waals surface area contributed by atoms with E-state index in [2.05, 4.69) is 4.90 Å². The normalized spacial score (nSPS) is 35.2. The van der Waals surface area contributed by atoms with E-state index in [9.17, 15) is 0 Å². The summed E-state index contributed by atoms with van der Waals surface area (Å²) in [7, 11) is 1.83. The van der Waals surface area contributed by atoms with Crippen LogP contribution in [0.1, 0.15) is 25.7 Å². The van der Waals surface area contributed by atoms with Gasteiger partial charge in [0.1, 0.15) is 0 Å². The second kappa shape index (κ2) is 4.93. The number of ether oxygens (including phenoxy) is 1. The van der Waals surface area contributed by atoms with Crippen LogP contribution in [0.15, 0.2) is 4.99 Å². The lowest BCUT2D eigenvalue weighted by molar-refractivity contribution is -0.150. The van der Waals surface area contributed by atoms with Crippen molar-refractivity contribution >= 4 is 17.7 Å². The number of hydrogen-bond acceptors (Lipinski definition) is 3. The third-order valence-electron chi connectivity index (χ3n) is 4.93. The molecule has 0 aromatic heterocycles. The van der Waals surface area contributed by atoms with Crippen molar-refractivity contribution in [3.8, 4) is 0 Å². The summed E-state index contributed by atoms with van der Waals surface area (Å²) in [5, 5.41) is 0. The molecule has 2 aliphatic carbocycles.